The Kier molecular flexibility index (Phi) is 2.26. The highest BCUT2D eigenvalue weighted by molar-refractivity contribution is 7.24. The number of hydrogen-bond acceptors (Lipinski definition) is 2. The van der Waals surface area contributed by atoms with Crippen LogP contribution in [0.3, 0.4) is 0 Å². The number of benzene rings is 2. The smallest absolute Gasteiger partial charge is 0.195 e. The highest BCUT2D eigenvalue weighted by Crippen LogP contribution is 2.27. The fourth-order valence-electron chi connectivity index (χ4n) is 2.26. The first-order valence-electron chi connectivity index (χ1n) is 5.59. The molecule has 0 amide bonds. The molecule has 0 bridgehead atoms. The normalized spacial score (nSPS) is 11.2. The van der Waals surface area contributed by atoms with E-state index in [1.54, 1.807) is 11.3 Å². The largest absolute Gasteiger partial charge is 0.289 e. The Hall–Kier alpha value is -1.67. The van der Waals surface area contributed by atoms with Crippen molar-refractivity contribution >= 4 is 31.5 Å². The SMILES string of the molecule is Cc1cc(C)c2sc3ccccc3c(=O)c2c1. The van der Waals surface area contributed by atoms with Crippen LogP contribution in [-0.2, 0) is 0 Å². The Balaban J connectivity index is 2.64. The number of hydrogen-bond donors (Lipinski definition) is 0. The lowest BCUT2D eigenvalue weighted by Gasteiger charge is -2.05. The number of aryl methyl sites for hydroxylation is 2. The van der Waals surface area contributed by atoms with E-state index < -0.39 is 0 Å². The Morgan fingerprint density at radius 1 is 1.00 bits per heavy atom. The minimum Gasteiger partial charge on any atom is -0.289 e. The molecule has 0 saturated carbocycles. The highest BCUT2D eigenvalue weighted by atomic mass is 32.1. The summed E-state index contributed by atoms with van der Waals surface area (Å²) in [4.78, 5) is 12.4. The van der Waals surface area contributed by atoms with E-state index in [0.717, 1.165) is 25.7 Å². The maximum atomic E-state index is 12.4. The molecule has 1 heterocycles. The predicted molar refractivity (Wildman–Crippen MR) is 75.1 cm³/mol. The topological polar surface area (TPSA) is 17.1 Å². The molecule has 0 aliphatic carbocycles. The Morgan fingerprint density at radius 2 is 1.76 bits per heavy atom. The van der Waals surface area contributed by atoms with Crippen LogP contribution in [0.4, 0.5) is 0 Å². The summed E-state index contributed by atoms with van der Waals surface area (Å²) in [6, 6.07) is 11.9. The molecule has 0 atom stereocenters. The average Bonchev–Trinajstić information content (AvgIpc) is 2.31. The standard InChI is InChI=1S/C15H12OS/c1-9-7-10(2)15-12(8-9)14(16)11-5-3-4-6-13(11)17-15/h3-8H,1-2H3. The van der Waals surface area contributed by atoms with E-state index in [4.69, 9.17) is 0 Å². The van der Waals surface area contributed by atoms with Gasteiger partial charge in [0.1, 0.15) is 0 Å². The van der Waals surface area contributed by atoms with Crippen LogP contribution in [0.5, 0.6) is 0 Å². The maximum absolute atomic E-state index is 12.4. The molecular weight excluding hydrogens is 228 g/mol. The third-order valence-electron chi connectivity index (χ3n) is 3.01. The van der Waals surface area contributed by atoms with Gasteiger partial charge in [0.05, 0.1) is 0 Å². The van der Waals surface area contributed by atoms with Gasteiger partial charge in [0.2, 0.25) is 0 Å². The summed E-state index contributed by atoms with van der Waals surface area (Å²) in [6.45, 7) is 4.10. The third-order valence-corrected chi connectivity index (χ3v) is 4.33. The summed E-state index contributed by atoms with van der Waals surface area (Å²) >= 11 is 1.70. The van der Waals surface area contributed by atoms with Crippen molar-refractivity contribution in [3.63, 3.8) is 0 Å². The molecule has 3 aromatic rings. The molecule has 2 aromatic carbocycles. The summed E-state index contributed by atoms with van der Waals surface area (Å²) in [5.41, 5.74) is 2.49. The van der Waals surface area contributed by atoms with Crippen LogP contribution < -0.4 is 5.43 Å². The molecule has 0 radical (unpaired) electrons. The first-order valence-corrected chi connectivity index (χ1v) is 6.41. The zero-order valence-corrected chi connectivity index (χ0v) is 10.6. The molecule has 84 valence electrons. The van der Waals surface area contributed by atoms with E-state index in [1.807, 2.05) is 37.3 Å². The molecule has 0 aliphatic rings. The second kappa shape index (κ2) is 3.67. The van der Waals surface area contributed by atoms with E-state index in [9.17, 15) is 4.79 Å². The van der Waals surface area contributed by atoms with Gasteiger partial charge in [-0.1, -0.05) is 23.8 Å². The van der Waals surface area contributed by atoms with E-state index in [0.29, 0.717) is 0 Å². The van der Waals surface area contributed by atoms with Crippen LogP contribution in [-0.4, -0.2) is 0 Å². The van der Waals surface area contributed by atoms with Crippen molar-refractivity contribution in [2.75, 3.05) is 0 Å². The van der Waals surface area contributed by atoms with Gasteiger partial charge in [0.25, 0.3) is 0 Å². The lowest BCUT2D eigenvalue weighted by atomic mass is 10.1. The van der Waals surface area contributed by atoms with E-state index >= 15 is 0 Å². The molecule has 0 saturated heterocycles. The van der Waals surface area contributed by atoms with Gasteiger partial charge in [-0.25, -0.2) is 0 Å². The lowest BCUT2D eigenvalue weighted by Crippen LogP contribution is -2.01. The van der Waals surface area contributed by atoms with Crippen molar-refractivity contribution in [1.82, 2.24) is 0 Å². The molecule has 0 fully saturated rings. The molecule has 1 nitrogen and oxygen atoms in total. The molecule has 2 heteroatoms. The summed E-state index contributed by atoms with van der Waals surface area (Å²) in [5.74, 6) is 0. The van der Waals surface area contributed by atoms with Crippen LogP contribution in [0, 0.1) is 13.8 Å². The highest BCUT2D eigenvalue weighted by Gasteiger charge is 2.07. The van der Waals surface area contributed by atoms with E-state index in [-0.39, 0.29) is 5.43 Å². The predicted octanol–water partition coefficient (Wildman–Crippen LogP) is 4.03. The third kappa shape index (κ3) is 1.56. The van der Waals surface area contributed by atoms with Crippen molar-refractivity contribution in [1.29, 1.82) is 0 Å². The number of rotatable bonds is 0. The van der Waals surface area contributed by atoms with Crippen LogP contribution in [0.15, 0.2) is 41.2 Å². The van der Waals surface area contributed by atoms with Crippen LogP contribution >= 0.6 is 11.3 Å². The zero-order chi connectivity index (χ0) is 12.0. The zero-order valence-electron chi connectivity index (χ0n) is 9.78. The molecular formula is C15H12OS. The summed E-state index contributed by atoms with van der Waals surface area (Å²) in [5, 5.41) is 1.68. The van der Waals surface area contributed by atoms with Crippen molar-refractivity contribution in [3.05, 3.63) is 57.7 Å². The second-order valence-corrected chi connectivity index (χ2v) is 5.44. The fraction of sp³-hybridized carbons (Fsp3) is 0.133. The molecule has 0 unspecified atom stereocenters. The summed E-state index contributed by atoms with van der Waals surface area (Å²) in [6.07, 6.45) is 0. The monoisotopic (exact) mass is 240 g/mol. The number of fused-ring (bicyclic) bond motifs is 2. The molecule has 0 N–H and O–H groups in total. The lowest BCUT2D eigenvalue weighted by molar-refractivity contribution is 1.44. The summed E-state index contributed by atoms with van der Waals surface area (Å²) < 4.78 is 2.18. The van der Waals surface area contributed by atoms with Gasteiger partial charge in [-0.3, -0.25) is 4.79 Å². The van der Waals surface area contributed by atoms with Crippen molar-refractivity contribution < 1.29 is 0 Å². The van der Waals surface area contributed by atoms with Crippen LogP contribution in [0.25, 0.3) is 20.2 Å². The molecule has 3 rings (SSSR count). The first kappa shape index (κ1) is 10.5. The first-order chi connectivity index (χ1) is 8.16. The average molecular weight is 240 g/mol. The van der Waals surface area contributed by atoms with Gasteiger partial charge in [-0.2, -0.15) is 0 Å². The Morgan fingerprint density at radius 3 is 2.59 bits per heavy atom. The Bertz CT molecular complexity index is 784. The molecule has 0 spiro atoms. The van der Waals surface area contributed by atoms with Gasteiger partial charge in [0.15, 0.2) is 5.43 Å². The van der Waals surface area contributed by atoms with Crippen molar-refractivity contribution in [2.24, 2.45) is 0 Å². The summed E-state index contributed by atoms with van der Waals surface area (Å²) in [7, 11) is 0. The van der Waals surface area contributed by atoms with Gasteiger partial charge >= 0.3 is 0 Å². The van der Waals surface area contributed by atoms with Crippen molar-refractivity contribution in [2.45, 2.75) is 13.8 Å². The van der Waals surface area contributed by atoms with E-state index in [2.05, 4.69) is 13.0 Å². The van der Waals surface area contributed by atoms with Crippen LogP contribution in [0.1, 0.15) is 11.1 Å². The van der Waals surface area contributed by atoms with Gasteiger partial charge in [0, 0.05) is 20.2 Å². The van der Waals surface area contributed by atoms with Crippen LogP contribution in [0.2, 0.25) is 0 Å². The van der Waals surface area contributed by atoms with Gasteiger partial charge in [-0.15, -0.1) is 11.3 Å². The van der Waals surface area contributed by atoms with Gasteiger partial charge in [-0.05, 0) is 37.6 Å². The minimum atomic E-state index is 0.154. The minimum absolute atomic E-state index is 0.154. The maximum Gasteiger partial charge on any atom is 0.195 e. The van der Waals surface area contributed by atoms with Gasteiger partial charge < -0.3 is 0 Å². The fourth-order valence-corrected chi connectivity index (χ4v) is 3.38. The molecule has 17 heavy (non-hydrogen) atoms. The van der Waals surface area contributed by atoms with E-state index in [1.165, 1.54) is 5.56 Å². The molecule has 0 aliphatic heterocycles. The second-order valence-electron chi connectivity index (χ2n) is 4.39. The Labute approximate surface area is 103 Å². The van der Waals surface area contributed by atoms with Crippen molar-refractivity contribution in [3.8, 4) is 0 Å². The molecule has 1 aromatic heterocycles. The quantitative estimate of drug-likeness (QED) is 0.542.